The summed E-state index contributed by atoms with van der Waals surface area (Å²) in [7, 11) is 4.02. The number of rotatable bonds is 5. The van der Waals surface area contributed by atoms with E-state index in [1.807, 2.05) is 0 Å². The van der Waals surface area contributed by atoms with Crippen molar-refractivity contribution >= 4 is 18.9 Å². The minimum atomic E-state index is -0.975. The van der Waals surface area contributed by atoms with E-state index >= 15 is 0 Å². The summed E-state index contributed by atoms with van der Waals surface area (Å²) >= 11 is 5.31. The molecule has 0 aliphatic carbocycles. The zero-order chi connectivity index (χ0) is 14.8. The van der Waals surface area contributed by atoms with Crippen LogP contribution in [0.1, 0.15) is 11.7 Å². The highest BCUT2D eigenvalue weighted by Gasteiger charge is 2.12. The molecule has 0 saturated heterocycles. The molecule has 0 heterocycles. The highest BCUT2D eigenvalue weighted by atomic mass is 35.5. The molecule has 1 N–H and O–H groups in total. The summed E-state index contributed by atoms with van der Waals surface area (Å²) in [6.07, 6.45) is -0.943. The highest BCUT2D eigenvalue weighted by Crippen LogP contribution is 2.16. The molecule has 0 aliphatic rings. The minimum Gasteiger partial charge on any atom is -0.389 e. The van der Waals surface area contributed by atoms with Gasteiger partial charge >= 0.3 is 7.32 Å². The average Bonchev–Trinajstić information content (AvgIpc) is 2.43. The molecule has 0 fully saturated rings. The Morgan fingerprint density at radius 1 is 1.16 bits per heavy atom. The molecular formula is C11H16BClF2O4. The lowest BCUT2D eigenvalue weighted by atomic mass is 10.1. The maximum atomic E-state index is 12.5. The van der Waals surface area contributed by atoms with Crippen LogP contribution < -0.4 is 0 Å². The number of hydrogen-bond donors (Lipinski definition) is 1. The third-order valence-electron chi connectivity index (χ3n) is 2.05. The lowest BCUT2D eigenvalue weighted by molar-refractivity contribution is 0.163. The summed E-state index contributed by atoms with van der Waals surface area (Å²) in [5.74, 6) is -1.94. The monoisotopic (exact) mass is 296 g/mol. The first-order valence-corrected chi connectivity index (χ1v) is 5.80. The van der Waals surface area contributed by atoms with Crippen LogP contribution in [0.2, 0.25) is 0 Å². The van der Waals surface area contributed by atoms with Crippen molar-refractivity contribution in [3.05, 3.63) is 35.4 Å². The Morgan fingerprint density at radius 2 is 1.68 bits per heavy atom. The number of aliphatic hydroxyl groups is 1. The van der Waals surface area contributed by atoms with Crippen molar-refractivity contribution in [2.45, 2.75) is 6.10 Å². The summed E-state index contributed by atoms with van der Waals surface area (Å²) in [6.45, 7) is 0. The van der Waals surface area contributed by atoms with Gasteiger partial charge in [0.05, 0.1) is 12.0 Å². The second kappa shape index (κ2) is 10.1. The maximum Gasteiger partial charge on any atom is 0.638 e. The molecule has 1 aromatic rings. The van der Waals surface area contributed by atoms with Crippen LogP contribution in [0.5, 0.6) is 0 Å². The summed E-state index contributed by atoms with van der Waals surface area (Å²) in [5, 5.41) is 9.12. The van der Waals surface area contributed by atoms with E-state index < -0.39 is 25.1 Å². The van der Waals surface area contributed by atoms with Crippen LogP contribution in [0.25, 0.3) is 0 Å². The second-order valence-corrected chi connectivity index (χ2v) is 3.65. The summed E-state index contributed by atoms with van der Waals surface area (Å²) in [6, 6.07) is 3.19. The Bertz CT molecular complexity index is 361. The van der Waals surface area contributed by atoms with Crippen LogP contribution in [0, 0.1) is 11.6 Å². The van der Waals surface area contributed by atoms with E-state index in [1.165, 1.54) is 27.4 Å². The van der Waals surface area contributed by atoms with Crippen molar-refractivity contribution in [3.8, 4) is 0 Å². The van der Waals surface area contributed by atoms with Crippen molar-refractivity contribution in [3.63, 3.8) is 0 Å². The second-order valence-electron chi connectivity index (χ2n) is 3.34. The fourth-order valence-electron chi connectivity index (χ4n) is 1.10. The van der Waals surface area contributed by atoms with E-state index in [2.05, 4.69) is 14.0 Å². The van der Waals surface area contributed by atoms with Crippen LogP contribution in [-0.4, -0.2) is 39.6 Å². The number of aliphatic hydroxyl groups excluding tert-OH is 1. The van der Waals surface area contributed by atoms with Gasteiger partial charge in [0, 0.05) is 21.3 Å². The zero-order valence-corrected chi connectivity index (χ0v) is 11.7. The first-order valence-electron chi connectivity index (χ1n) is 5.27. The highest BCUT2D eigenvalue weighted by molar-refractivity contribution is 6.36. The molecule has 19 heavy (non-hydrogen) atoms. The van der Waals surface area contributed by atoms with Gasteiger partial charge < -0.3 is 19.1 Å². The quantitative estimate of drug-likeness (QED) is 0.668. The Labute approximate surface area is 116 Å². The first kappa shape index (κ1) is 18.3. The van der Waals surface area contributed by atoms with Gasteiger partial charge in [-0.15, -0.1) is 11.6 Å². The molecule has 0 radical (unpaired) electrons. The van der Waals surface area contributed by atoms with E-state index in [0.29, 0.717) is 0 Å². The van der Waals surface area contributed by atoms with Crippen molar-refractivity contribution in [1.29, 1.82) is 0 Å². The Morgan fingerprint density at radius 3 is 2.00 bits per heavy atom. The topological polar surface area (TPSA) is 47.9 Å². The molecule has 0 amide bonds. The van der Waals surface area contributed by atoms with Gasteiger partial charge in [0.2, 0.25) is 0 Å². The van der Waals surface area contributed by atoms with Crippen molar-refractivity contribution in [1.82, 2.24) is 0 Å². The maximum absolute atomic E-state index is 12.5. The van der Waals surface area contributed by atoms with Crippen LogP contribution in [0.15, 0.2) is 18.2 Å². The summed E-state index contributed by atoms with van der Waals surface area (Å²) < 4.78 is 38.7. The molecule has 1 rings (SSSR count). The number of benzene rings is 1. The van der Waals surface area contributed by atoms with Gasteiger partial charge in [0.15, 0.2) is 11.6 Å². The molecular weight excluding hydrogens is 280 g/mol. The van der Waals surface area contributed by atoms with Crippen LogP contribution in [0.3, 0.4) is 0 Å². The third kappa shape index (κ3) is 6.84. The first-order chi connectivity index (χ1) is 8.99. The van der Waals surface area contributed by atoms with Crippen molar-refractivity contribution in [2.24, 2.45) is 0 Å². The minimum absolute atomic E-state index is 0.0366. The predicted molar refractivity (Wildman–Crippen MR) is 68.8 cm³/mol. The SMILES string of the molecule is COB(OC)OC.O[C@H](CCl)c1ccc(F)c(F)c1. The number of hydrogen-bond acceptors (Lipinski definition) is 4. The molecule has 0 aromatic heterocycles. The molecule has 0 spiro atoms. The molecule has 0 unspecified atom stereocenters. The predicted octanol–water partition coefficient (Wildman–Crippen LogP) is 2.15. The van der Waals surface area contributed by atoms with E-state index in [-0.39, 0.29) is 11.4 Å². The van der Waals surface area contributed by atoms with E-state index in [1.54, 1.807) is 0 Å². The fourth-order valence-corrected chi connectivity index (χ4v) is 1.28. The molecule has 0 aliphatic heterocycles. The largest absolute Gasteiger partial charge is 0.638 e. The molecule has 0 saturated carbocycles. The van der Waals surface area contributed by atoms with Crippen molar-refractivity contribution < 1.29 is 27.9 Å². The average molecular weight is 297 g/mol. The van der Waals surface area contributed by atoms with E-state index in [9.17, 15) is 8.78 Å². The van der Waals surface area contributed by atoms with Gasteiger partial charge in [-0.25, -0.2) is 8.78 Å². The van der Waals surface area contributed by atoms with E-state index in [0.717, 1.165) is 12.1 Å². The summed E-state index contributed by atoms with van der Waals surface area (Å²) in [4.78, 5) is 0. The summed E-state index contributed by atoms with van der Waals surface area (Å²) in [5.41, 5.74) is 0.281. The Kier molecular flexibility index (Phi) is 9.72. The molecule has 1 atom stereocenters. The zero-order valence-electron chi connectivity index (χ0n) is 10.9. The number of halogens is 3. The Balaban J connectivity index is 0.000000399. The normalized spacial score (nSPS) is 11.5. The smallest absolute Gasteiger partial charge is 0.389 e. The standard InChI is InChI=1S/C8H7ClF2O.C3H9BO3/c9-4-8(12)5-1-2-6(10)7(11)3-5;1-5-4(6-2)7-3/h1-3,8,12H,4H2;1-3H3/t8-;/m1./s1. The van der Waals surface area contributed by atoms with Crippen LogP contribution >= 0.6 is 11.6 Å². The molecule has 108 valence electrons. The Hall–Kier alpha value is -0.725. The lowest BCUT2D eigenvalue weighted by Gasteiger charge is -2.06. The van der Waals surface area contributed by atoms with Gasteiger partial charge in [-0.1, -0.05) is 6.07 Å². The third-order valence-corrected chi connectivity index (χ3v) is 2.34. The van der Waals surface area contributed by atoms with E-state index in [4.69, 9.17) is 16.7 Å². The van der Waals surface area contributed by atoms with Crippen molar-refractivity contribution in [2.75, 3.05) is 27.2 Å². The molecule has 4 nitrogen and oxygen atoms in total. The van der Waals surface area contributed by atoms with Gasteiger partial charge in [0.25, 0.3) is 0 Å². The van der Waals surface area contributed by atoms with Crippen LogP contribution in [-0.2, 0) is 14.0 Å². The van der Waals surface area contributed by atoms with Gasteiger partial charge in [-0.2, -0.15) is 0 Å². The van der Waals surface area contributed by atoms with Crippen LogP contribution in [0.4, 0.5) is 8.78 Å². The molecule has 8 heteroatoms. The van der Waals surface area contributed by atoms with Gasteiger partial charge in [0.1, 0.15) is 0 Å². The fraction of sp³-hybridized carbons (Fsp3) is 0.455. The number of alkyl halides is 1. The molecule has 0 bridgehead atoms. The van der Waals surface area contributed by atoms with Gasteiger partial charge in [-0.05, 0) is 17.7 Å². The molecule has 1 aromatic carbocycles. The van der Waals surface area contributed by atoms with Gasteiger partial charge in [-0.3, -0.25) is 0 Å². The lowest BCUT2D eigenvalue weighted by Crippen LogP contribution is -2.21.